The summed E-state index contributed by atoms with van der Waals surface area (Å²) in [5.41, 5.74) is 7.47. The molecular formula is C24H18N4O3. The minimum atomic E-state index is -0.416. The van der Waals surface area contributed by atoms with Crippen molar-refractivity contribution in [2.24, 2.45) is 0 Å². The average Bonchev–Trinajstić information content (AvgIpc) is 3.24. The third-order valence-corrected chi connectivity index (χ3v) is 5.33. The third-order valence-electron chi connectivity index (χ3n) is 5.33. The van der Waals surface area contributed by atoms with Crippen LogP contribution in [-0.2, 0) is 11.3 Å². The van der Waals surface area contributed by atoms with E-state index >= 15 is 0 Å². The van der Waals surface area contributed by atoms with Crippen molar-refractivity contribution in [1.82, 2.24) is 20.4 Å². The van der Waals surface area contributed by atoms with Crippen molar-refractivity contribution < 1.29 is 9.59 Å². The predicted octanol–water partition coefficient (Wildman–Crippen LogP) is 3.10. The Bertz CT molecular complexity index is 1470. The lowest BCUT2D eigenvalue weighted by Crippen LogP contribution is -2.43. The number of aromatic amines is 1. The maximum Gasteiger partial charge on any atom is 0.271 e. The topological polar surface area (TPSA) is 96.0 Å². The van der Waals surface area contributed by atoms with Crippen molar-refractivity contribution in [2.45, 2.75) is 6.54 Å². The van der Waals surface area contributed by atoms with Gasteiger partial charge < -0.3 is 9.55 Å². The average molecular weight is 410 g/mol. The number of pyridine rings is 1. The summed E-state index contributed by atoms with van der Waals surface area (Å²) in [5, 5.41) is 1.85. The number of carbonyl (C=O) groups is 2. The summed E-state index contributed by atoms with van der Waals surface area (Å²) < 4.78 is 1.78. The van der Waals surface area contributed by atoms with Gasteiger partial charge in [-0.3, -0.25) is 25.2 Å². The first-order chi connectivity index (χ1) is 15.1. The van der Waals surface area contributed by atoms with Crippen LogP contribution in [0.2, 0.25) is 0 Å². The minimum absolute atomic E-state index is 0.0600. The Balaban J connectivity index is 1.42. The first kappa shape index (κ1) is 18.6. The molecule has 2 heterocycles. The molecule has 31 heavy (non-hydrogen) atoms. The number of nitrogens with zero attached hydrogens (tertiary/aromatic N) is 1. The molecule has 7 heteroatoms. The minimum Gasteiger partial charge on any atom is -0.360 e. The van der Waals surface area contributed by atoms with Crippen molar-refractivity contribution in [3.05, 3.63) is 94.8 Å². The van der Waals surface area contributed by atoms with Gasteiger partial charge in [-0.2, -0.15) is 0 Å². The van der Waals surface area contributed by atoms with Gasteiger partial charge in [0, 0.05) is 27.9 Å². The summed E-state index contributed by atoms with van der Waals surface area (Å²) in [6.07, 6.45) is 1.61. The van der Waals surface area contributed by atoms with Crippen LogP contribution >= 0.6 is 0 Å². The molecule has 0 bridgehead atoms. The SMILES string of the molecule is O=C(Cn1c2ccccc2c(=O)c2ccccc21)NNC(=O)c1c[nH]c2ccccc12. The predicted molar refractivity (Wildman–Crippen MR) is 120 cm³/mol. The van der Waals surface area contributed by atoms with Crippen molar-refractivity contribution in [3.63, 3.8) is 0 Å². The fraction of sp³-hybridized carbons (Fsp3) is 0.0417. The highest BCUT2D eigenvalue weighted by atomic mass is 16.2. The van der Waals surface area contributed by atoms with Crippen LogP contribution in [0.1, 0.15) is 10.4 Å². The molecule has 152 valence electrons. The maximum absolute atomic E-state index is 12.8. The Kier molecular flexibility index (Phi) is 4.48. The van der Waals surface area contributed by atoms with E-state index in [0.717, 1.165) is 10.9 Å². The molecule has 2 amide bonds. The highest BCUT2D eigenvalue weighted by Gasteiger charge is 2.15. The number of hydrogen-bond acceptors (Lipinski definition) is 3. The van der Waals surface area contributed by atoms with Crippen LogP contribution in [0.4, 0.5) is 0 Å². The van der Waals surface area contributed by atoms with Gasteiger partial charge in [0.15, 0.2) is 5.43 Å². The van der Waals surface area contributed by atoms with Crippen LogP contribution < -0.4 is 16.3 Å². The van der Waals surface area contributed by atoms with Crippen LogP contribution in [0.3, 0.4) is 0 Å². The van der Waals surface area contributed by atoms with Crippen LogP contribution in [0, 0.1) is 0 Å². The summed E-state index contributed by atoms with van der Waals surface area (Å²) >= 11 is 0. The molecule has 0 radical (unpaired) electrons. The molecule has 5 rings (SSSR count). The third kappa shape index (κ3) is 3.22. The highest BCUT2D eigenvalue weighted by molar-refractivity contribution is 6.07. The number of hydrazine groups is 1. The monoisotopic (exact) mass is 410 g/mol. The molecule has 0 aliphatic carbocycles. The number of H-pyrrole nitrogens is 1. The summed E-state index contributed by atoms with van der Waals surface area (Å²) in [6, 6.07) is 21.8. The standard InChI is InChI=1S/C24H18N4O3/c29-22(26-27-24(31)18-13-25-19-10-4-1-7-15(18)19)14-28-20-11-5-2-8-16(20)23(30)17-9-3-6-12-21(17)28/h1-13,25H,14H2,(H,26,29)(H,27,31). The Labute approximate surface area is 176 Å². The van der Waals surface area contributed by atoms with E-state index in [1.165, 1.54) is 0 Å². The van der Waals surface area contributed by atoms with Crippen LogP contribution in [-0.4, -0.2) is 21.4 Å². The zero-order valence-corrected chi connectivity index (χ0v) is 16.4. The van der Waals surface area contributed by atoms with E-state index in [4.69, 9.17) is 0 Å². The Morgan fingerprint density at radius 2 is 1.35 bits per heavy atom. The van der Waals surface area contributed by atoms with Gasteiger partial charge in [-0.15, -0.1) is 0 Å². The van der Waals surface area contributed by atoms with Crippen LogP contribution in [0.25, 0.3) is 32.7 Å². The van der Waals surface area contributed by atoms with Gasteiger partial charge in [0.05, 0.1) is 16.6 Å². The summed E-state index contributed by atoms with van der Waals surface area (Å²) in [5.74, 6) is -0.826. The Hall–Kier alpha value is -4.39. The van der Waals surface area contributed by atoms with Crippen molar-refractivity contribution in [1.29, 1.82) is 0 Å². The van der Waals surface area contributed by atoms with Gasteiger partial charge in [-0.1, -0.05) is 42.5 Å². The van der Waals surface area contributed by atoms with Gasteiger partial charge in [0.25, 0.3) is 11.8 Å². The molecule has 0 atom stereocenters. The van der Waals surface area contributed by atoms with Crippen LogP contribution in [0.5, 0.6) is 0 Å². The normalized spacial score (nSPS) is 11.1. The quantitative estimate of drug-likeness (QED) is 0.315. The number of fused-ring (bicyclic) bond motifs is 3. The molecule has 7 nitrogen and oxygen atoms in total. The smallest absolute Gasteiger partial charge is 0.271 e. The van der Waals surface area contributed by atoms with E-state index in [2.05, 4.69) is 15.8 Å². The molecule has 0 fully saturated rings. The van der Waals surface area contributed by atoms with Crippen molar-refractivity contribution >= 4 is 44.5 Å². The molecule has 5 aromatic rings. The Morgan fingerprint density at radius 3 is 2.03 bits per heavy atom. The highest BCUT2D eigenvalue weighted by Crippen LogP contribution is 2.19. The number of aromatic nitrogens is 2. The first-order valence-corrected chi connectivity index (χ1v) is 9.79. The molecule has 3 N–H and O–H groups in total. The second kappa shape index (κ2) is 7.46. The molecule has 0 spiro atoms. The van der Waals surface area contributed by atoms with E-state index in [-0.39, 0.29) is 12.0 Å². The number of nitrogens with one attached hydrogen (secondary N) is 3. The largest absolute Gasteiger partial charge is 0.360 e. The lowest BCUT2D eigenvalue weighted by Gasteiger charge is -2.15. The zero-order valence-electron chi connectivity index (χ0n) is 16.4. The van der Waals surface area contributed by atoms with Gasteiger partial charge in [-0.25, -0.2) is 0 Å². The lowest BCUT2D eigenvalue weighted by atomic mass is 10.1. The zero-order chi connectivity index (χ0) is 21.4. The van der Waals surface area contributed by atoms with Crippen molar-refractivity contribution in [2.75, 3.05) is 0 Å². The van der Waals surface area contributed by atoms with Gasteiger partial charge in [-0.05, 0) is 30.3 Å². The fourth-order valence-corrected chi connectivity index (χ4v) is 3.88. The van der Waals surface area contributed by atoms with Gasteiger partial charge in [0.2, 0.25) is 0 Å². The lowest BCUT2D eigenvalue weighted by molar-refractivity contribution is -0.122. The summed E-state index contributed by atoms with van der Waals surface area (Å²) in [7, 11) is 0. The number of carbonyl (C=O) groups excluding carboxylic acids is 2. The second-order valence-electron chi connectivity index (χ2n) is 7.20. The summed E-state index contributed by atoms with van der Waals surface area (Å²) in [4.78, 5) is 41.1. The summed E-state index contributed by atoms with van der Waals surface area (Å²) in [6.45, 7) is -0.0600. The van der Waals surface area contributed by atoms with E-state index in [1.54, 1.807) is 47.2 Å². The molecular weight excluding hydrogens is 392 g/mol. The van der Waals surface area contributed by atoms with E-state index in [9.17, 15) is 14.4 Å². The number of benzene rings is 3. The molecule has 0 aliphatic heterocycles. The van der Waals surface area contributed by atoms with E-state index < -0.39 is 11.8 Å². The van der Waals surface area contributed by atoms with Crippen LogP contribution in [0.15, 0.2) is 83.8 Å². The molecule has 0 saturated heterocycles. The second-order valence-corrected chi connectivity index (χ2v) is 7.20. The molecule has 0 aliphatic rings. The Morgan fingerprint density at radius 1 is 0.774 bits per heavy atom. The maximum atomic E-state index is 12.8. The number of para-hydroxylation sites is 3. The number of rotatable bonds is 3. The fourth-order valence-electron chi connectivity index (χ4n) is 3.88. The van der Waals surface area contributed by atoms with Crippen molar-refractivity contribution in [3.8, 4) is 0 Å². The number of amides is 2. The van der Waals surface area contributed by atoms with E-state index in [0.29, 0.717) is 27.4 Å². The molecule has 0 unspecified atom stereocenters. The van der Waals surface area contributed by atoms with Gasteiger partial charge >= 0.3 is 0 Å². The van der Waals surface area contributed by atoms with E-state index in [1.807, 2.05) is 36.4 Å². The molecule has 2 aromatic heterocycles. The first-order valence-electron chi connectivity index (χ1n) is 9.79. The number of hydrogen-bond donors (Lipinski definition) is 3. The molecule has 3 aromatic carbocycles. The van der Waals surface area contributed by atoms with Gasteiger partial charge in [0.1, 0.15) is 6.54 Å². The molecule has 0 saturated carbocycles.